The molecule has 7 heteroatoms. The van der Waals surface area contributed by atoms with Gasteiger partial charge in [-0.15, -0.1) is 10.2 Å². The number of hydrogen-bond acceptors (Lipinski definition) is 6. The molecule has 0 fully saturated rings. The Morgan fingerprint density at radius 2 is 2.26 bits per heavy atom. The quantitative estimate of drug-likeness (QED) is 0.692. The van der Waals surface area contributed by atoms with E-state index in [9.17, 15) is 4.79 Å². The van der Waals surface area contributed by atoms with E-state index in [-0.39, 0.29) is 5.56 Å². The van der Waals surface area contributed by atoms with Crippen LogP contribution in [0.5, 0.6) is 0 Å². The van der Waals surface area contributed by atoms with Crippen LogP contribution < -0.4 is 5.56 Å². The highest BCUT2D eigenvalue weighted by atomic mass is 32.2. The Morgan fingerprint density at radius 1 is 1.37 bits per heavy atom. The van der Waals surface area contributed by atoms with Crippen LogP contribution in [0.4, 0.5) is 0 Å². The van der Waals surface area contributed by atoms with E-state index >= 15 is 0 Å². The minimum Gasteiger partial charge on any atom is -0.269 e. The number of hydrogen-bond donors (Lipinski definition) is 0. The summed E-state index contributed by atoms with van der Waals surface area (Å²) in [6.07, 6.45) is 1.72. The highest BCUT2D eigenvalue weighted by Gasteiger charge is 2.05. The number of nitrogens with zero attached hydrogens (tertiary/aromatic N) is 4. The third-order valence-electron chi connectivity index (χ3n) is 2.48. The lowest BCUT2D eigenvalue weighted by atomic mass is 10.4. The van der Waals surface area contributed by atoms with Crippen LogP contribution in [0.3, 0.4) is 0 Å². The van der Waals surface area contributed by atoms with Gasteiger partial charge < -0.3 is 0 Å². The number of pyridine rings is 1. The molecule has 0 saturated carbocycles. The van der Waals surface area contributed by atoms with Crippen molar-refractivity contribution < 1.29 is 0 Å². The summed E-state index contributed by atoms with van der Waals surface area (Å²) in [4.78, 5) is 16.4. The van der Waals surface area contributed by atoms with Crippen LogP contribution in [-0.2, 0) is 5.75 Å². The van der Waals surface area contributed by atoms with Gasteiger partial charge >= 0.3 is 0 Å². The zero-order chi connectivity index (χ0) is 13.2. The average Bonchev–Trinajstić information content (AvgIpc) is 2.82. The topological polar surface area (TPSA) is 60.2 Å². The molecule has 5 nitrogen and oxygen atoms in total. The molecule has 3 aromatic heterocycles. The monoisotopic (exact) mass is 290 g/mol. The molecule has 0 amide bonds. The lowest BCUT2D eigenvalue weighted by Crippen LogP contribution is -2.14. The molecular weight excluding hydrogens is 280 g/mol. The standard InChI is InChI=1S/C12H10N4OS2/c1-8-14-15-12(19-8)18-7-9-6-11(17)16-5-3-2-4-10(16)13-9/h2-6H,7H2,1H3. The normalized spacial score (nSPS) is 11.0. The summed E-state index contributed by atoms with van der Waals surface area (Å²) >= 11 is 3.09. The molecule has 3 aromatic rings. The minimum atomic E-state index is -0.0605. The Bertz CT molecular complexity index is 780. The Labute approximate surface area is 117 Å². The van der Waals surface area contributed by atoms with E-state index in [1.807, 2.05) is 25.1 Å². The average molecular weight is 290 g/mol. The van der Waals surface area contributed by atoms with Gasteiger partial charge in [-0.3, -0.25) is 9.20 Å². The molecule has 0 bridgehead atoms. The fourth-order valence-electron chi connectivity index (χ4n) is 1.65. The van der Waals surface area contributed by atoms with E-state index < -0.39 is 0 Å². The second kappa shape index (κ2) is 5.10. The van der Waals surface area contributed by atoms with Crippen molar-refractivity contribution in [1.29, 1.82) is 0 Å². The van der Waals surface area contributed by atoms with E-state index in [1.165, 1.54) is 4.40 Å². The van der Waals surface area contributed by atoms with E-state index in [0.29, 0.717) is 11.4 Å². The first-order chi connectivity index (χ1) is 9.22. The number of fused-ring (bicyclic) bond motifs is 1. The molecule has 0 unspecified atom stereocenters. The van der Waals surface area contributed by atoms with Crippen molar-refractivity contribution in [3.05, 3.63) is 51.5 Å². The van der Waals surface area contributed by atoms with Crippen LogP contribution in [0.1, 0.15) is 10.7 Å². The zero-order valence-electron chi connectivity index (χ0n) is 10.1. The summed E-state index contributed by atoms with van der Waals surface area (Å²) in [6.45, 7) is 1.92. The summed E-state index contributed by atoms with van der Waals surface area (Å²) in [5.74, 6) is 0.620. The lowest BCUT2D eigenvalue weighted by molar-refractivity contribution is 0.980. The molecule has 0 aliphatic rings. The maximum atomic E-state index is 11.9. The summed E-state index contributed by atoms with van der Waals surface area (Å²) in [5, 5.41) is 8.93. The van der Waals surface area contributed by atoms with Gasteiger partial charge in [0.15, 0.2) is 4.34 Å². The Morgan fingerprint density at radius 3 is 3.05 bits per heavy atom. The van der Waals surface area contributed by atoms with Crippen molar-refractivity contribution in [2.45, 2.75) is 17.0 Å². The van der Waals surface area contributed by atoms with Crippen LogP contribution in [0.25, 0.3) is 5.65 Å². The first kappa shape index (κ1) is 12.3. The second-order valence-corrected chi connectivity index (χ2v) is 6.29. The van der Waals surface area contributed by atoms with Gasteiger partial charge in [0.2, 0.25) is 0 Å². The van der Waals surface area contributed by atoms with Crippen LogP contribution in [-0.4, -0.2) is 19.6 Å². The number of aromatic nitrogens is 4. The molecule has 3 rings (SSSR count). The molecule has 3 heterocycles. The summed E-state index contributed by atoms with van der Waals surface area (Å²) < 4.78 is 2.43. The van der Waals surface area contributed by atoms with E-state index in [0.717, 1.165) is 15.0 Å². The van der Waals surface area contributed by atoms with Gasteiger partial charge in [-0.1, -0.05) is 29.2 Å². The molecule has 0 radical (unpaired) electrons. The predicted octanol–water partition coefficient (Wildman–Crippen LogP) is 2.15. The van der Waals surface area contributed by atoms with Crippen molar-refractivity contribution in [2.75, 3.05) is 0 Å². The third-order valence-corrected chi connectivity index (χ3v) is 4.48. The van der Waals surface area contributed by atoms with Gasteiger partial charge in [-0.2, -0.15) is 0 Å². The van der Waals surface area contributed by atoms with Gasteiger partial charge in [0.25, 0.3) is 5.56 Å². The maximum Gasteiger partial charge on any atom is 0.258 e. The molecule has 0 atom stereocenters. The SMILES string of the molecule is Cc1nnc(SCc2cc(=O)n3ccccc3n2)s1. The molecule has 19 heavy (non-hydrogen) atoms. The summed E-state index contributed by atoms with van der Waals surface area (Å²) in [7, 11) is 0. The smallest absolute Gasteiger partial charge is 0.258 e. The second-order valence-electron chi connectivity index (χ2n) is 3.89. The lowest BCUT2D eigenvalue weighted by Gasteiger charge is -2.02. The summed E-state index contributed by atoms with van der Waals surface area (Å²) in [6, 6.07) is 7.07. The predicted molar refractivity (Wildman–Crippen MR) is 75.7 cm³/mol. The van der Waals surface area contributed by atoms with E-state index in [1.54, 1.807) is 35.4 Å². The highest BCUT2D eigenvalue weighted by Crippen LogP contribution is 2.24. The molecule has 0 aliphatic carbocycles. The maximum absolute atomic E-state index is 11.9. The molecule has 0 aliphatic heterocycles. The van der Waals surface area contributed by atoms with Crippen LogP contribution in [0, 0.1) is 6.92 Å². The molecule has 0 N–H and O–H groups in total. The molecule has 0 saturated heterocycles. The Balaban J connectivity index is 1.87. The van der Waals surface area contributed by atoms with Crippen molar-refractivity contribution in [3.63, 3.8) is 0 Å². The van der Waals surface area contributed by atoms with Crippen molar-refractivity contribution in [1.82, 2.24) is 19.6 Å². The molecule has 0 aromatic carbocycles. The van der Waals surface area contributed by atoms with Crippen LogP contribution in [0.15, 0.2) is 39.6 Å². The van der Waals surface area contributed by atoms with Gasteiger partial charge in [-0.25, -0.2) is 4.98 Å². The van der Waals surface area contributed by atoms with Crippen LogP contribution in [0.2, 0.25) is 0 Å². The number of aryl methyl sites for hydroxylation is 1. The van der Waals surface area contributed by atoms with E-state index in [2.05, 4.69) is 15.2 Å². The zero-order valence-corrected chi connectivity index (χ0v) is 11.7. The highest BCUT2D eigenvalue weighted by molar-refractivity contribution is 8.00. The van der Waals surface area contributed by atoms with Gasteiger partial charge in [0.05, 0.1) is 5.69 Å². The third kappa shape index (κ3) is 2.66. The fourth-order valence-corrected chi connectivity index (χ4v) is 3.36. The minimum absolute atomic E-state index is 0.0605. The first-order valence-electron chi connectivity index (χ1n) is 5.62. The first-order valence-corrected chi connectivity index (χ1v) is 7.43. The van der Waals surface area contributed by atoms with Crippen molar-refractivity contribution in [3.8, 4) is 0 Å². The van der Waals surface area contributed by atoms with Gasteiger partial charge in [0.1, 0.15) is 10.7 Å². The van der Waals surface area contributed by atoms with Crippen molar-refractivity contribution >= 4 is 28.7 Å². The van der Waals surface area contributed by atoms with Gasteiger partial charge in [-0.05, 0) is 19.1 Å². The van der Waals surface area contributed by atoms with Crippen molar-refractivity contribution in [2.24, 2.45) is 0 Å². The van der Waals surface area contributed by atoms with Crippen LogP contribution >= 0.6 is 23.1 Å². The molecular formula is C12H10N4OS2. The number of rotatable bonds is 3. The van der Waals surface area contributed by atoms with Gasteiger partial charge in [0, 0.05) is 18.0 Å². The molecule has 96 valence electrons. The fraction of sp³-hybridized carbons (Fsp3) is 0.167. The summed E-state index contributed by atoms with van der Waals surface area (Å²) in [5.41, 5.74) is 1.36. The Hall–Kier alpha value is -1.73. The number of thioether (sulfide) groups is 1. The Kier molecular flexibility index (Phi) is 3.31. The largest absolute Gasteiger partial charge is 0.269 e. The van der Waals surface area contributed by atoms with E-state index in [4.69, 9.17) is 0 Å². The molecule has 0 spiro atoms.